The molecule has 0 saturated heterocycles. The van der Waals surface area contributed by atoms with E-state index < -0.39 is 17.9 Å². The van der Waals surface area contributed by atoms with Crippen molar-refractivity contribution < 1.29 is 19.1 Å². The molecule has 0 bridgehead atoms. The number of nitrogens with one attached hydrogen (secondary N) is 2. The Balaban J connectivity index is 1.75. The molecular formula is C25H26N2O4. The highest BCUT2D eigenvalue weighted by atomic mass is 16.5. The summed E-state index contributed by atoms with van der Waals surface area (Å²) in [6.07, 6.45) is 0. The number of amides is 2. The molecule has 3 aromatic carbocycles. The van der Waals surface area contributed by atoms with Crippen LogP contribution in [0.1, 0.15) is 31.0 Å². The van der Waals surface area contributed by atoms with Crippen molar-refractivity contribution in [2.24, 2.45) is 0 Å². The van der Waals surface area contributed by atoms with Crippen LogP contribution in [-0.2, 0) is 9.59 Å². The van der Waals surface area contributed by atoms with Crippen molar-refractivity contribution in [1.29, 1.82) is 0 Å². The van der Waals surface area contributed by atoms with Crippen molar-refractivity contribution in [3.05, 3.63) is 90.0 Å². The predicted molar refractivity (Wildman–Crippen MR) is 120 cm³/mol. The molecule has 6 nitrogen and oxygen atoms in total. The second-order valence-electron chi connectivity index (χ2n) is 6.71. The molecule has 2 N–H and O–H groups in total. The van der Waals surface area contributed by atoms with Crippen LogP contribution in [0.5, 0.6) is 11.5 Å². The van der Waals surface area contributed by atoms with E-state index >= 15 is 0 Å². The third-order valence-electron chi connectivity index (χ3n) is 4.55. The van der Waals surface area contributed by atoms with E-state index in [1.165, 1.54) is 0 Å². The number of hydrogen-bond donors (Lipinski definition) is 2. The molecule has 0 atom stereocenters. The SMILES string of the molecule is CCOc1ccc(NC(=O)C(=O)NC(c2ccccc2)c2ccccc2)cc1OCC. The average molecular weight is 418 g/mol. The summed E-state index contributed by atoms with van der Waals surface area (Å²) in [5, 5.41) is 5.47. The number of benzene rings is 3. The summed E-state index contributed by atoms with van der Waals surface area (Å²) in [4.78, 5) is 25.3. The fourth-order valence-electron chi connectivity index (χ4n) is 3.16. The van der Waals surface area contributed by atoms with Crippen LogP contribution in [0.15, 0.2) is 78.9 Å². The first kappa shape index (κ1) is 21.9. The highest BCUT2D eigenvalue weighted by Crippen LogP contribution is 2.30. The van der Waals surface area contributed by atoms with Gasteiger partial charge in [-0.1, -0.05) is 60.7 Å². The summed E-state index contributed by atoms with van der Waals surface area (Å²) in [6, 6.07) is 23.6. The molecule has 0 radical (unpaired) electrons. The van der Waals surface area contributed by atoms with Gasteiger partial charge in [-0.15, -0.1) is 0 Å². The normalized spacial score (nSPS) is 10.4. The molecule has 3 aromatic rings. The second kappa shape index (κ2) is 10.8. The standard InChI is InChI=1S/C25H26N2O4/c1-3-30-21-16-15-20(17-22(21)31-4-2)26-24(28)25(29)27-23(18-11-7-5-8-12-18)19-13-9-6-10-14-19/h5-17,23H,3-4H2,1-2H3,(H,26,28)(H,27,29). The van der Waals surface area contributed by atoms with E-state index in [9.17, 15) is 9.59 Å². The van der Waals surface area contributed by atoms with Crippen LogP contribution in [0.3, 0.4) is 0 Å². The number of rotatable bonds is 8. The molecule has 0 aliphatic rings. The highest BCUT2D eigenvalue weighted by Gasteiger charge is 2.22. The van der Waals surface area contributed by atoms with E-state index in [4.69, 9.17) is 9.47 Å². The molecule has 31 heavy (non-hydrogen) atoms. The molecule has 0 aliphatic carbocycles. The Labute approximate surface area is 182 Å². The summed E-state index contributed by atoms with van der Waals surface area (Å²) >= 11 is 0. The first-order valence-corrected chi connectivity index (χ1v) is 10.2. The second-order valence-corrected chi connectivity index (χ2v) is 6.71. The largest absolute Gasteiger partial charge is 0.490 e. The summed E-state index contributed by atoms with van der Waals surface area (Å²) in [5.41, 5.74) is 2.21. The zero-order chi connectivity index (χ0) is 22.1. The van der Waals surface area contributed by atoms with E-state index in [-0.39, 0.29) is 0 Å². The Morgan fingerprint density at radius 2 is 1.29 bits per heavy atom. The average Bonchev–Trinajstić information content (AvgIpc) is 2.80. The summed E-state index contributed by atoms with van der Waals surface area (Å²) in [7, 11) is 0. The zero-order valence-electron chi connectivity index (χ0n) is 17.6. The lowest BCUT2D eigenvalue weighted by atomic mass is 9.99. The maximum absolute atomic E-state index is 12.7. The first-order valence-electron chi connectivity index (χ1n) is 10.2. The third kappa shape index (κ3) is 5.85. The van der Waals surface area contributed by atoms with Gasteiger partial charge < -0.3 is 20.1 Å². The van der Waals surface area contributed by atoms with E-state index in [1.807, 2.05) is 74.5 Å². The monoisotopic (exact) mass is 418 g/mol. The third-order valence-corrected chi connectivity index (χ3v) is 4.55. The Kier molecular flexibility index (Phi) is 7.65. The molecule has 2 amide bonds. The van der Waals surface area contributed by atoms with Crippen molar-refractivity contribution in [1.82, 2.24) is 5.32 Å². The smallest absolute Gasteiger partial charge is 0.313 e. The van der Waals surface area contributed by atoms with E-state index in [0.717, 1.165) is 11.1 Å². The Morgan fingerprint density at radius 1 is 0.742 bits per heavy atom. The van der Waals surface area contributed by atoms with Crippen molar-refractivity contribution >= 4 is 17.5 Å². The molecular weight excluding hydrogens is 392 g/mol. The van der Waals surface area contributed by atoms with Crippen LogP contribution in [0.25, 0.3) is 0 Å². The Hall–Kier alpha value is -3.80. The quantitative estimate of drug-likeness (QED) is 0.534. The highest BCUT2D eigenvalue weighted by molar-refractivity contribution is 6.39. The van der Waals surface area contributed by atoms with Gasteiger partial charge in [0.15, 0.2) is 11.5 Å². The van der Waals surface area contributed by atoms with Gasteiger partial charge in [-0.25, -0.2) is 0 Å². The van der Waals surface area contributed by atoms with Crippen molar-refractivity contribution in [3.8, 4) is 11.5 Å². The van der Waals surface area contributed by atoms with Gasteiger partial charge in [-0.3, -0.25) is 9.59 Å². The van der Waals surface area contributed by atoms with Gasteiger partial charge in [0.2, 0.25) is 0 Å². The number of ether oxygens (including phenoxy) is 2. The minimum atomic E-state index is -0.761. The van der Waals surface area contributed by atoms with E-state index in [2.05, 4.69) is 10.6 Å². The minimum Gasteiger partial charge on any atom is -0.490 e. The fourth-order valence-corrected chi connectivity index (χ4v) is 3.16. The van der Waals surface area contributed by atoms with Crippen LogP contribution in [0, 0.1) is 0 Å². The maximum Gasteiger partial charge on any atom is 0.313 e. The molecule has 0 fully saturated rings. The van der Waals surface area contributed by atoms with E-state index in [0.29, 0.717) is 30.4 Å². The van der Waals surface area contributed by atoms with E-state index in [1.54, 1.807) is 18.2 Å². The van der Waals surface area contributed by atoms with Gasteiger partial charge in [0.05, 0.1) is 19.3 Å². The van der Waals surface area contributed by atoms with Gasteiger partial charge in [0.1, 0.15) is 0 Å². The van der Waals surface area contributed by atoms with Crippen molar-refractivity contribution in [3.63, 3.8) is 0 Å². The molecule has 6 heteroatoms. The lowest BCUT2D eigenvalue weighted by molar-refractivity contribution is -0.136. The van der Waals surface area contributed by atoms with Crippen LogP contribution in [-0.4, -0.2) is 25.0 Å². The Morgan fingerprint density at radius 3 is 1.84 bits per heavy atom. The predicted octanol–water partition coefficient (Wildman–Crippen LogP) is 4.33. The van der Waals surface area contributed by atoms with Gasteiger partial charge in [-0.2, -0.15) is 0 Å². The number of carbonyl (C=O) groups excluding carboxylic acids is 2. The maximum atomic E-state index is 12.7. The zero-order valence-corrected chi connectivity index (χ0v) is 17.6. The van der Waals surface area contributed by atoms with Gasteiger partial charge in [0, 0.05) is 11.8 Å². The number of anilines is 1. The number of carbonyl (C=O) groups is 2. The summed E-state index contributed by atoms with van der Waals surface area (Å²) in [6.45, 7) is 4.69. The summed E-state index contributed by atoms with van der Waals surface area (Å²) < 4.78 is 11.1. The molecule has 0 saturated carbocycles. The van der Waals surface area contributed by atoms with Gasteiger partial charge in [-0.05, 0) is 37.1 Å². The van der Waals surface area contributed by atoms with Crippen molar-refractivity contribution in [2.45, 2.75) is 19.9 Å². The molecule has 0 unspecified atom stereocenters. The molecule has 0 spiro atoms. The van der Waals surface area contributed by atoms with Gasteiger partial charge in [0.25, 0.3) is 0 Å². The van der Waals surface area contributed by atoms with Crippen molar-refractivity contribution in [2.75, 3.05) is 18.5 Å². The first-order chi connectivity index (χ1) is 15.1. The Bertz CT molecular complexity index is 967. The minimum absolute atomic E-state index is 0.444. The molecule has 0 heterocycles. The van der Waals surface area contributed by atoms with Crippen LogP contribution >= 0.6 is 0 Å². The topological polar surface area (TPSA) is 76.7 Å². The molecule has 0 aliphatic heterocycles. The fraction of sp³-hybridized carbons (Fsp3) is 0.200. The van der Waals surface area contributed by atoms with Crippen LogP contribution in [0.4, 0.5) is 5.69 Å². The van der Waals surface area contributed by atoms with Crippen LogP contribution < -0.4 is 20.1 Å². The van der Waals surface area contributed by atoms with Gasteiger partial charge >= 0.3 is 11.8 Å². The van der Waals surface area contributed by atoms with Crippen LogP contribution in [0.2, 0.25) is 0 Å². The number of hydrogen-bond acceptors (Lipinski definition) is 4. The molecule has 160 valence electrons. The lowest BCUT2D eigenvalue weighted by Crippen LogP contribution is -2.38. The summed E-state index contributed by atoms with van der Waals surface area (Å²) in [5.74, 6) is -0.401. The molecule has 3 rings (SSSR count). The lowest BCUT2D eigenvalue weighted by Gasteiger charge is -2.19. The molecule has 0 aromatic heterocycles.